The second kappa shape index (κ2) is 11.5. The van der Waals surface area contributed by atoms with Gasteiger partial charge in [0.05, 0.1) is 5.76 Å². The molecule has 3 aromatic rings. The quantitative estimate of drug-likeness (QED) is 0.242. The van der Waals surface area contributed by atoms with Gasteiger partial charge in [-0.25, -0.2) is 0 Å². The molecule has 5 heteroatoms. The molecular formula is C33H37O4P. The van der Waals surface area contributed by atoms with E-state index in [0.29, 0.717) is 37.7 Å². The highest BCUT2D eigenvalue weighted by Gasteiger charge is 2.27. The van der Waals surface area contributed by atoms with E-state index in [1.54, 1.807) is 0 Å². The van der Waals surface area contributed by atoms with Gasteiger partial charge in [0.15, 0.2) is 0 Å². The van der Waals surface area contributed by atoms with Crippen LogP contribution in [-0.4, -0.2) is 20.4 Å². The van der Waals surface area contributed by atoms with Crippen LogP contribution in [0, 0.1) is 0 Å². The maximum atomic E-state index is 11.3. The van der Waals surface area contributed by atoms with Crippen LogP contribution >= 0.6 is 9.24 Å². The molecule has 4 nitrogen and oxygen atoms in total. The van der Waals surface area contributed by atoms with Crippen LogP contribution in [0.1, 0.15) is 67.0 Å². The van der Waals surface area contributed by atoms with Crippen molar-refractivity contribution in [1.82, 2.24) is 0 Å². The summed E-state index contributed by atoms with van der Waals surface area (Å²) in [6, 6.07) is 17.1. The van der Waals surface area contributed by atoms with Gasteiger partial charge in [-0.05, 0) is 67.0 Å². The van der Waals surface area contributed by atoms with Gasteiger partial charge in [0.2, 0.25) is 0 Å². The Balaban J connectivity index is 1.88. The summed E-state index contributed by atoms with van der Waals surface area (Å²) in [5, 5.41) is 44.1. The number of fused-ring (bicyclic) bond motifs is 6. The van der Waals surface area contributed by atoms with Gasteiger partial charge < -0.3 is 20.4 Å². The SMILES string of the molecule is C/C=C\C1=C(\O)CCCc2cccc(c2O)/C(C)=C/c2cccc(c2O)CC(C)(P)c2cccc(c2O)C1. The van der Waals surface area contributed by atoms with Crippen molar-refractivity contribution >= 4 is 20.9 Å². The minimum Gasteiger partial charge on any atom is -0.512 e. The number of benzene rings is 3. The first-order chi connectivity index (χ1) is 18.1. The zero-order valence-corrected chi connectivity index (χ0v) is 23.5. The van der Waals surface area contributed by atoms with Crippen LogP contribution in [0.3, 0.4) is 0 Å². The maximum absolute atomic E-state index is 11.3. The number of hydrogen-bond donors (Lipinski definition) is 4. The van der Waals surface area contributed by atoms with E-state index in [0.717, 1.165) is 39.0 Å². The predicted molar refractivity (Wildman–Crippen MR) is 160 cm³/mol. The number of allylic oxidation sites excluding steroid dienone is 5. The monoisotopic (exact) mass is 528 g/mol. The standard InChI is InChI=1S/C33H37O4P/c1-4-9-23-19-25-13-7-16-28(32(25)37)33(3,38)20-26-14-5-12-24(30(26)35)18-21(2)27-15-6-10-22(31(27)36)11-8-17-29(23)34/h4-7,9-10,12-16,18,34-37H,8,11,17,19-20,38H2,1-3H3/b9-4-,21-18+,29-23-. The van der Waals surface area contributed by atoms with Gasteiger partial charge in [-0.15, -0.1) is 9.24 Å². The highest BCUT2D eigenvalue weighted by atomic mass is 31.0. The predicted octanol–water partition coefficient (Wildman–Crippen LogP) is 7.96. The first-order valence-electron chi connectivity index (χ1n) is 13.1. The number of phenols is 3. The molecule has 0 saturated carbocycles. The van der Waals surface area contributed by atoms with Gasteiger partial charge >= 0.3 is 0 Å². The molecule has 0 fully saturated rings. The normalized spacial score (nSPS) is 22.3. The average molecular weight is 529 g/mol. The van der Waals surface area contributed by atoms with Crippen LogP contribution in [0.5, 0.6) is 17.2 Å². The van der Waals surface area contributed by atoms with Crippen molar-refractivity contribution in [2.75, 3.05) is 0 Å². The maximum Gasteiger partial charge on any atom is 0.126 e. The Kier molecular flexibility index (Phi) is 8.33. The topological polar surface area (TPSA) is 80.9 Å². The lowest BCUT2D eigenvalue weighted by molar-refractivity contribution is 0.376. The van der Waals surface area contributed by atoms with Crippen LogP contribution in [0.25, 0.3) is 11.6 Å². The molecule has 1 aliphatic rings. The van der Waals surface area contributed by atoms with E-state index in [2.05, 4.69) is 9.24 Å². The molecule has 2 unspecified atom stereocenters. The number of phenolic OH excluding ortho intramolecular Hbond substituents is 3. The van der Waals surface area contributed by atoms with Gasteiger partial charge in [0.1, 0.15) is 17.2 Å². The zero-order valence-electron chi connectivity index (χ0n) is 22.3. The molecule has 0 radical (unpaired) electrons. The van der Waals surface area contributed by atoms with Gasteiger partial charge in [0.25, 0.3) is 0 Å². The van der Waals surface area contributed by atoms with E-state index in [-0.39, 0.29) is 23.0 Å². The van der Waals surface area contributed by atoms with Crippen LogP contribution in [0.2, 0.25) is 0 Å². The van der Waals surface area contributed by atoms with Crippen LogP contribution in [0.4, 0.5) is 0 Å². The summed E-state index contributed by atoms with van der Waals surface area (Å²) in [6.07, 6.45) is 8.26. The fourth-order valence-electron chi connectivity index (χ4n) is 5.25. The van der Waals surface area contributed by atoms with E-state index in [1.807, 2.05) is 93.6 Å². The minimum atomic E-state index is -0.559. The highest BCUT2D eigenvalue weighted by molar-refractivity contribution is 7.18. The molecular weight excluding hydrogens is 491 g/mol. The van der Waals surface area contributed by atoms with Gasteiger partial charge in [0, 0.05) is 34.7 Å². The number of aliphatic hydroxyl groups excluding tert-OH is 1. The minimum absolute atomic E-state index is 0.188. The Morgan fingerprint density at radius 1 is 0.816 bits per heavy atom. The summed E-state index contributed by atoms with van der Waals surface area (Å²) >= 11 is 0. The molecule has 6 bridgehead atoms. The van der Waals surface area contributed by atoms with Crippen LogP contribution in [0.15, 0.2) is 78.1 Å². The van der Waals surface area contributed by atoms with E-state index in [9.17, 15) is 20.4 Å². The van der Waals surface area contributed by atoms with Crippen molar-refractivity contribution in [2.45, 2.75) is 58.0 Å². The van der Waals surface area contributed by atoms with E-state index >= 15 is 0 Å². The first-order valence-corrected chi connectivity index (χ1v) is 13.6. The molecule has 0 spiro atoms. The van der Waals surface area contributed by atoms with Gasteiger partial charge in [-0.1, -0.05) is 73.7 Å². The summed E-state index contributed by atoms with van der Waals surface area (Å²) in [5.41, 5.74) is 6.05. The van der Waals surface area contributed by atoms with Crippen molar-refractivity contribution in [3.63, 3.8) is 0 Å². The molecule has 2 atom stereocenters. The highest BCUT2D eigenvalue weighted by Crippen LogP contribution is 2.43. The molecule has 1 aliphatic carbocycles. The molecule has 4 N–H and O–H groups in total. The second-order valence-corrected chi connectivity index (χ2v) is 11.7. The summed E-state index contributed by atoms with van der Waals surface area (Å²) in [4.78, 5) is 0. The van der Waals surface area contributed by atoms with Crippen molar-refractivity contribution in [3.05, 3.63) is 111 Å². The number of aliphatic hydroxyl groups is 1. The lowest BCUT2D eigenvalue weighted by atomic mass is 9.88. The fourth-order valence-corrected chi connectivity index (χ4v) is 5.70. The molecule has 0 heterocycles. The number of para-hydroxylation sites is 3. The molecule has 0 amide bonds. The molecule has 38 heavy (non-hydrogen) atoms. The van der Waals surface area contributed by atoms with Crippen molar-refractivity contribution in [3.8, 4) is 17.2 Å². The third kappa shape index (κ3) is 5.81. The molecule has 0 aliphatic heterocycles. The first kappa shape index (κ1) is 27.5. The van der Waals surface area contributed by atoms with Crippen molar-refractivity contribution < 1.29 is 20.4 Å². The average Bonchev–Trinajstić information content (AvgIpc) is 2.87. The zero-order chi connectivity index (χ0) is 27.4. The summed E-state index contributed by atoms with van der Waals surface area (Å²) in [6.45, 7) is 5.86. The Labute approximate surface area is 227 Å². The number of aryl methyl sites for hydroxylation is 1. The summed E-state index contributed by atoms with van der Waals surface area (Å²) in [5.74, 6) is 0.899. The Bertz CT molecular complexity index is 1430. The summed E-state index contributed by atoms with van der Waals surface area (Å²) in [7, 11) is 2.85. The van der Waals surface area contributed by atoms with Crippen molar-refractivity contribution in [2.24, 2.45) is 0 Å². The smallest absolute Gasteiger partial charge is 0.126 e. The Morgan fingerprint density at radius 3 is 2.26 bits per heavy atom. The Morgan fingerprint density at radius 2 is 1.50 bits per heavy atom. The lowest BCUT2D eigenvalue weighted by Gasteiger charge is -2.28. The Hall–Kier alpha value is -3.49. The van der Waals surface area contributed by atoms with Gasteiger partial charge in [-0.3, -0.25) is 0 Å². The van der Waals surface area contributed by atoms with Crippen LogP contribution < -0.4 is 0 Å². The number of aromatic hydroxyl groups is 3. The number of rotatable bonds is 1. The summed E-state index contributed by atoms with van der Waals surface area (Å²) < 4.78 is 0. The van der Waals surface area contributed by atoms with E-state index < -0.39 is 5.16 Å². The lowest BCUT2D eigenvalue weighted by Crippen LogP contribution is -2.17. The van der Waals surface area contributed by atoms with E-state index in [4.69, 9.17) is 0 Å². The molecule has 0 aromatic heterocycles. The number of hydrogen-bond acceptors (Lipinski definition) is 4. The molecule has 198 valence electrons. The fraction of sp³-hybridized carbons (Fsp3) is 0.273. The third-order valence-corrected chi connectivity index (χ3v) is 7.85. The molecule has 4 rings (SSSR count). The largest absolute Gasteiger partial charge is 0.512 e. The van der Waals surface area contributed by atoms with Gasteiger partial charge in [-0.2, -0.15) is 0 Å². The van der Waals surface area contributed by atoms with E-state index in [1.165, 1.54) is 0 Å². The molecule has 0 saturated heterocycles. The molecule has 3 aromatic carbocycles. The van der Waals surface area contributed by atoms with Crippen molar-refractivity contribution in [1.29, 1.82) is 0 Å². The van der Waals surface area contributed by atoms with Crippen LogP contribution in [-0.2, 0) is 24.4 Å². The second-order valence-electron chi connectivity index (χ2n) is 10.4. The third-order valence-electron chi connectivity index (χ3n) is 7.34.